The van der Waals surface area contributed by atoms with Crippen LogP contribution in [0.15, 0.2) is 29.6 Å². The summed E-state index contributed by atoms with van der Waals surface area (Å²) in [7, 11) is 0. The molecule has 5 heteroatoms. The van der Waals surface area contributed by atoms with Crippen LogP contribution in [0.1, 0.15) is 43.1 Å². The first kappa shape index (κ1) is 16.5. The van der Waals surface area contributed by atoms with Crippen LogP contribution in [0, 0.1) is 0 Å². The Bertz CT molecular complexity index is 625. The van der Waals surface area contributed by atoms with Crippen LogP contribution in [0.2, 0.25) is 0 Å². The molecule has 1 N–H and O–H groups in total. The minimum atomic E-state index is -0.0582. The number of carbonyl (C=O) groups excluding carboxylic acids is 1. The van der Waals surface area contributed by atoms with Crippen molar-refractivity contribution >= 4 is 17.2 Å². The maximum atomic E-state index is 12.1. The van der Waals surface area contributed by atoms with Gasteiger partial charge in [-0.05, 0) is 38.0 Å². The number of hydrogen-bond donors (Lipinski definition) is 1. The molecule has 0 aliphatic rings. The molecule has 0 saturated heterocycles. The van der Waals surface area contributed by atoms with Crippen molar-refractivity contribution in [2.75, 3.05) is 6.61 Å². The van der Waals surface area contributed by atoms with Crippen LogP contribution in [0.3, 0.4) is 0 Å². The van der Waals surface area contributed by atoms with Gasteiger partial charge in [0.05, 0.1) is 29.8 Å². The molecule has 0 aliphatic heterocycles. The number of thiazole rings is 1. The summed E-state index contributed by atoms with van der Waals surface area (Å²) in [4.78, 5) is 16.6. The predicted molar refractivity (Wildman–Crippen MR) is 89.4 cm³/mol. The van der Waals surface area contributed by atoms with Gasteiger partial charge in [-0.15, -0.1) is 11.3 Å². The van der Waals surface area contributed by atoms with E-state index in [1.165, 1.54) is 0 Å². The van der Waals surface area contributed by atoms with Gasteiger partial charge in [0.2, 0.25) is 5.91 Å². The molecule has 0 fully saturated rings. The van der Waals surface area contributed by atoms with Crippen molar-refractivity contribution in [3.05, 3.63) is 45.9 Å². The molecule has 1 aromatic heterocycles. The molecule has 0 aliphatic carbocycles. The molecule has 0 spiro atoms. The number of carbonyl (C=O) groups is 1. The van der Waals surface area contributed by atoms with Gasteiger partial charge in [-0.3, -0.25) is 4.79 Å². The highest BCUT2D eigenvalue weighted by Crippen LogP contribution is 2.19. The summed E-state index contributed by atoms with van der Waals surface area (Å²) in [6.45, 7) is 6.63. The van der Waals surface area contributed by atoms with Crippen molar-refractivity contribution in [1.82, 2.24) is 10.3 Å². The van der Waals surface area contributed by atoms with Crippen LogP contribution >= 0.6 is 11.3 Å². The lowest BCUT2D eigenvalue weighted by Gasteiger charge is -2.15. The summed E-state index contributed by atoms with van der Waals surface area (Å²) in [6.07, 6.45) is 1.24. The molecule has 22 heavy (non-hydrogen) atoms. The number of ether oxygens (including phenoxy) is 1. The average Bonchev–Trinajstić information content (AvgIpc) is 2.95. The molecule has 0 unspecified atom stereocenters. The van der Waals surface area contributed by atoms with E-state index in [0.29, 0.717) is 13.0 Å². The van der Waals surface area contributed by atoms with Crippen LogP contribution in [0.25, 0.3) is 0 Å². The Kier molecular flexibility index (Phi) is 5.95. The van der Waals surface area contributed by atoms with Gasteiger partial charge in [-0.2, -0.15) is 0 Å². The summed E-state index contributed by atoms with van der Waals surface area (Å²) >= 11 is 1.61. The second kappa shape index (κ2) is 7.94. The molecule has 0 bridgehead atoms. The Labute approximate surface area is 135 Å². The molecule has 2 rings (SSSR count). The molecular formula is C17H22N2O2S. The molecule has 0 radical (unpaired) electrons. The molecular weight excluding hydrogens is 296 g/mol. The van der Waals surface area contributed by atoms with Gasteiger partial charge in [0.1, 0.15) is 5.75 Å². The van der Waals surface area contributed by atoms with E-state index < -0.39 is 0 Å². The Morgan fingerprint density at radius 3 is 2.91 bits per heavy atom. The summed E-state index contributed by atoms with van der Waals surface area (Å²) in [5.41, 5.74) is 1.88. The number of hydrogen-bond acceptors (Lipinski definition) is 4. The quantitative estimate of drug-likeness (QED) is 0.850. The number of rotatable bonds is 7. The van der Waals surface area contributed by atoms with Crippen molar-refractivity contribution in [2.45, 2.75) is 39.7 Å². The zero-order valence-corrected chi connectivity index (χ0v) is 14.1. The molecule has 4 nitrogen and oxygen atoms in total. The topological polar surface area (TPSA) is 51.2 Å². The van der Waals surface area contributed by atoms with E-state index >= 15 is 0 Å². The number of aromatic nitrogens is 1. The van der Waals surface area contributed by atoms with Crippen molar-refractivity contribution in [1.29, 1.82) is 0 Å². The predicted octanol–water partition coefficient (Wildman–Crippen LogP) is 3.52. The summed E-state index contributed by atoms with van der Waals surface area (Å²) in [5, 5.41) is 6.04. The summed E-state index contributed by atoms with van der Waals surface area (Å²) in [6, 6.07) is 7.76. The number of aryl methyl sites for hydroxylation is 1. The zero-order chi connectivity index (χ0) is 15.9. The molecule has 1 atom stereocenters. The van der Waals surface area contributed by atoms with Crippen LogP contribution in [0.5, 0.6) is 5.75 Å². The van der Waals surface area contributed by atoms with Gasteiger partial charge < -0.3 is 10.1 Å². The van der Waals surface area contributed by atoms with E-state index in [9.17, 15) is 4.79 Å². The van der Waals surface area contributed by atoms with E-state index in [1.807, 2.05) is 43.5 Å². The van der Waals surface area contributed by atoms with Crippen molar-refractivity contribution in [3.8, 4) is 5.75 Å². The molecule has 118 valence electrons. The fraction of sp³-hybridized carbons (Fsp3) is 0.412. The van der Waals surface area contributed by atoms with Crippen LogP contribution in [-0.2, 0) is 17.6 Å². The lowest BCUT2D eigenvalue weighted by atomic mass is 10.1. The standard InChI is InChI=1S/C17H22N2O2S/c1-4-17-19-14(11-22-17)10-16(20)18-12(3)13-7-6-8-15(9-13)21-5-2/h6-9,11-12H,4-5,10H2,1-3H3,(H,18,20)/t12-/m0/s1. The Balaban J connectivity index is 1.94. The third-order valence-electron chi connectivity index (χ3n) is 3.29. The molecule has 0 saturated carbocycles. The van der Waals surface area contributed by atoms with Gasteiger partial charge in [-0.25, -0.2) is 4.98 Å². The highest BCUT2D eigenvalue weighted by atomic mass is 32.1. The van der Waals surface area contributed by atoms with Gasteiger partial charge >= 0.3 is 0 Å². The smallest absolute Gasteiger partial charge is 0.226 e. The SMILES string of the molecule is CCOc1cccc([C@H](C)NC(=O)Cc2csc(CC)n2)c1. The van der Waals surface area contributed by atoms with E-state index in [2.05, 4.69) is 17.2 Å². The first-order chi connectivity index (χ1) is 10.6. The summed E-state index contributed by atoms with van der Waals surface area (Å²) in [5.74, 6) is 0.815. The molecule has 1 amide bonds. The Hall–Kier alpha value is -1.88. The molecule has 1 heterocycles. The Morgan fingerprint density at radius 2 is 2.23 bits per heavy atom. The second-order valence-electron chi connectivity index (χ2n) is 5.06. The largest absolute Gasteiger partial charge is 0.494 e. The Morgan fingerprint density at radius 1 is 1.41 bits per heavy atom. The first-order valence-corrected chi connectivity index (χ1v) is 8.45. The highest BCUT2D eigenvalue weighted by molar-refractivity contribution is 7.09. The zero-order valence-electron chi connectivity index (χ0n) is 13.3. The third kappa shape index (κ3) is 4.56. The fourth-order valence-corrected chi connectivity index (χ4v) is 2.92. The van der Waals surface area contributed by atoms with E-state index in [1.54, 1.807) is 11.3 Å². The minimum Gasteiger partial charge on any atom is -0.494 e. The lowest BCUT2D eigenvalue weighted by Crippen LogP contribution is -2.28. The molecule has 2 aromatic rings. The third-order valence-corrected chi connectivity index (χ3v) is 4.33. The van der Waals surface area contributed by atoms with Crippen LogP contribution in [-0.4, -0.2) is 17.5 Å². The number of benzene rings is 1. The van der Waals surface area contributed by atoms with Gasteiger partial charge in [0.15, 0.2) is 0 Å². The highest BCUT2D eigenvalue weighted by Gasteiger charge is 2.12. The van der Waals surface area contributed by atoms with Crippen LogP contribution < -0.4 is 10.1 Å². The number of amides is 1. The maximum absolute atomic E-state index is 12.1. The average molecular weight is 318 g/mol. The fourth-order valence-electron chi connectivity index (χ4n) is 2.17. The molecule has 1 aromatic carbocycles. The normalized spacial score (nSPS) is 12.0. The van der Waals surface area contributed by atoms with Crippen molar-refractivity contribution in [3.63, 3.8) is 0 Å². The first-order valence-electron chi connectivity index (χ1n) is 7.57. The second-order valence-corrected chi connectivity index (χ2v) is 6.00. The van der Waals surface area contributed by atoms with Gasteiger partial charge in [-0.1, -0.05) is 19.1 Å². The number of nitrogens with one attached hydrogen (secondary N) is 1. The van der Waals surface area contributed by atoms with Gasteiger partial charge in [0, 0.05) is 5.38 Å². The van der Waals surface area contributed by atoms with Crippen molar-refractivity contribution < 1.29 is 9.53 Å². The van der Waals surface area contributed by atoms with Crippen molar-refractivity contribution in [2.24, 2.45) is 0 Å². The monoisotopic (exact) mass is 318 g/mol. The number of nitrogens with zero attached hydrogens (tertiary/aromatic N) is 1. The maximum Gasteiger partial charge on any atom is 0.226 e. The van der Waals surface area contributed by atoms with Gasteiger partial charge in [0.25, 0.3) is 0 Å². The van der Waals surface area contributed by atoms with Crippen LogP contribution in [0.4, 0.5) is 0 Å². The lowest BCUT2D eigenvalue weighted by molar-refractivity contribution is -0.121. The van der Waals surface area contributed by atoms with E-state index in [0.717, 1.165) is 28.4 Å². The summed E-state index contributed by atoms with van der Waals surface area (Å²) < 4.78 is 5.49. The van der Waals surface area contributed by atoms with E-state index in [-0.39, 0.29) is 11.9 Å². The minimum absolute atomic E-state index is 0.0118. The van der Waals surface area contributed by atoms with E-state index in [4.69, 9.17) is 4.74 Å².